The number of nitrogens with zero attached hydrogens (tertiary/aromatic N) is 2. The Morgan fingerprint density at radius 2 is 2.24 bits per heavy atom. The van der Waals surface area contributed by atoms with E-state index in [-0.39, 0.29) is 11.9 Å². The Balaban J connectivity index is 1.63. The highest BCUT2D eigenvalue weighted by Crippen LogP contribution is 2.42. The first kappa shape index (κ1) is 13.1. The van der Waals surface area contributed by atoms with Crippen LogP contribution in [0.4, 0.5) is 0 Å². The van der Waals surface area contributed by atoms with Gasteiger partial charge in [-0.25, -0.2) is 4.98 Å². The van der Waals surface area contributed by atoms with Gasteiger partial charge in [0.1, 0.15) is 23.1 Å². The maximum Gasteiger partial charge on any atom is 0.268 e. The molecule has 110 valence electrons. The van der Waals surface area contributed by atoms with Crippen molar-refractivity contribution in [2.45, 2.75) is 18.9 Å². The molecule has 1 fully saturated rings. The molecule has 0 aliphatic carbocycles. The van der Waals surface area contributed by atoms with Gasteiger partial charge in [0.25, 0.3) is 5.91 Å². The SMILES string of the molecule is O=C(c1scc2c1OCCO2)N1CCCC1c1nccs1. The lowest BCUT2D eigenvalue weighted by atomic mass is 10.2. The Kier molecular flexibility index (Phi) is 3.31. The molecular weight excluding hydrogens is 308 g/mol. The number of hydrogen-bond donors (Lipinski definition) is 0. The summed E-state index contributed by atoms with van der Waals surface area (Å²) in [5, 5.41) is 4.83. The van der Waals surface area contributed by atoms with Gasteiger partial charge in [-0.1, -0.05) is 0 Å². The maximum absolute atomic E-state index is 12.9. The summed E-state index contributed by atoms with van der Waals surface area (Å²) in [5.41, 5.74) is 0. The van der Waals surface area contributed by atoms with E-state index >= 15 is 0 Å². The van der Waals surface area contributed by atoms with Crippen LogP contribution in [0.3, 0.4) is 0 Å². The van der Waals surface area contributed by atoms with Crippen molar-refractivity contribution in [1.82, 2.24) is 9.88 Å². The third-order valence-electron chi connectivity index (χ3n) is 3.75. The summed E-state index contributed by atoms with van der Waals surface area (Å²) >= 11 is 3.01. The number of thiazole rings is 1. The van der Waals surface area contributed by atoms with Crippen molar-refractivity contribution in [3.63, 3.8) is 0 Å². The third kappa shape index (κ3) is 2.20. The van der Waals surface area contributed by atoms with Crippen LogP contribution in [0.25, 0.3) is 0 Å². The molecular formula is C14H14N2O3S2. The van der Waals surface area contributed by atoms with E-state index in [0.717, 1.165) is 24.4 Å². The predicted octanol–water partition coefficient (Wildman–Crippen LogP) is 2.95. The molecule has 2 aliphatic rings. The Morgan fingerprint density at radius 3 is 3.10 bits per heavy atom. The number of carbonyl (C=O) groups is 1. The summed E-state index contributed by atoms with van der Waals surface area (Å²) in [5.74, 6) is 1.34. The van der Waals surface area contributed by atoms with Crippen LogP contribution in [-0.4, -0.2) is 35.5 Å². The summed E-state index contributed by atoms with van der Waals surface area (Å²) in [7, 11) is 0. The second kappa shape index (κ2) is 5.31. The molecule has 2 aliphatic heterocycles. The van der Waals surface area contributed by atoms with Crippen LogP contribution in [0, 0.1) is 0 Å². The minimum Gasteiger partial charge on any atom is -0.485 e. The van der Waals surface area contributed by atoms with Crippen molar-refractivity contribution >= 4 is 28.6 Å². The summed E-state index contributed by atoms with van der Waals surface area (Å²) in [6.07, 6.45) is 3.79. The molecule has 2 aromatic rings. The first-order valence-electron chi connectivity index (χ1n) is 6.92. The molecule has 4 rings (SSSR count). The monoisotopic (exact) mass is 322 g/mol. The molecule has 4 heterocycles. The van der Waals surface area contributed by atoms with Gasteiger partial charge >= 0.3 is 0 Å². The van der Waals surface area contributed by atoms with Gasteiger partial charge in [0.05, 0.1) is 6.04 Å². The lowest BCUT2D eigenvalue weighted by Crippen LogP contribution is -2.30. The van der Waals surface area contributed by atoms with Crippen molar-refractivity contribution in [2.24, 2.45) is 0 Å². The molecule has 1 amide bonds. The van der Waals surface area contributed by atoms with Gasteiger partial charge in [0.15, 0.2) is 11.5 Å². The van der Waals surface area contributed by atoms with Crippen LogP contribution in [0.15, 0.2) is 17.0 Å². The first-order chi connectivity index (χ1) is 10.3. The van der Waals surface area contributed by atoms with E-state index in [1.807, 2.05) is 15.7 Å². The maximum atomic E-state index is 12.9. The van der Waals surface area contributed by atoms with Crippen LogP contribution in [0.2, 0.25) is 0 Å². The fourth-order valence-electron chi connectivity index (χ4n) is 2.81. The second-order valence-electron chi connectivity index (χ2n) is 4.98. The average molecular weight is 322 g/mol. The van der Waals surface area contributed by atoms with E-state index in [9.17, 15) is 4.79 Å². The Labute approximate surface area is 130 Å². The van der Waals surface area contributed by atoms with E-state index in [1.54, 1.807) is 17.5 Å². The smallest absolute Gasteiger partial charge is 0.268 e. The van der Waals surface area contributed by atoms with Gasteiger partial charge in [-0.15, -0.1) is 22.7 Å². The molecule has 2 aromatic heterocycles. The van der Waals surface area contributed by atoms with Crippen molar-refractivity contribution < 1.29 is 14.3 Å². The number of hydrogen-bond acceptors (Lipinski definition) is 6. The molecule has 0 N–H and O–H groups in total. The van der Waals surface area contributed by atoms with Crippen LogP contribution >= 0.6 is 22.7 Å². The van der Waals surface area contributed by atoms with Crippen LogP contribution in [0.1, 0.15) is 33.6 Å². The van der Waals surface area contributed by atoms with Gasteiger partial charge in [-0.05, 0) is 12.8 Å². The molecule has 5 nitrogen and oxygen atoms in total. The van der Waals surface area contributed by atoms with Gasteiger partial charge in [0.2, 0.25) is 0 Å². The normalized spacial score (nSPS) is 20.8. The van der Waals surface area contributed by atoms with Crippen LogP contribution in [-0.2, 0) is 0 Å². The first-order valence-corrected chi connectivity index (χ1v) is 8.68. The summed E-state index contributed by atoms with van der Waals surface area (Å²) in [6, 6.07) is 0.0970. The van der Waals surface area contributed by atoms with Crippen molar-refractivity contribution in [2.75, 3.05) is 19.8 Å². The van der Waals surface area contributed by atoms with E-state index in [4.69, 9.17) is 9.47 Å². The quantitative estimate of drug-likeness (QED) is 0.853. The highest BCUT2D eigenvalue weighted by Gasteiger charge is 2.35. The second-order valence-corrected chi connectivity index (χ2v) is 6.79. The Bertz CT molecular complexity index is 653. The number of aromatic nitrogens is 1. The highest BCUT2D eigenvalue weighted by atomic mass is 32.1. The zero-order valence-electron chi connectivity index (χ0n) is 11.3. The topological polar surface area (TPSA) is 51.7 Å². The molecule has 1 unspecified atom stereocenters. The van der Waals surface area contributed by atoms with Gasteiger partial charge in [-0.2, -0.15) is 0 Å². The fourth-order valence-corrected chi connectivity index (χ4v) is 4.48. The summed E-state index contributed by atoms with van der Waals surface area (Å²) < 4.78 is 11.1. The van der Waals surface area contributed by atoms with Crippen LogP contribution < -0.4 is 9.47 Å². The fraction of sp³-hybridized carbons (Fsp3) is 0.429. The van der Waals surface area contributed by atoms with E-state index in [0.29, 0.717) is 29.6 Å². The summed E-state index contributed by atoms with van der Waals surface area (Å²) in [6.45, 7) is 1.82. The van der Waals surface area contributed by atoms with E-state index < -0.39 is 0 Å². The number of amides is 1. The zero-order valence-corrected chi connectivity index (χ0v) is 12.9. The number of fused-ring (bicyclic) bond motifs is 1. The van der Waals surface area contributed by atoms with Crippen molar-refractivity contribution in [3.8, 4) is 11.5 Å². The molecule has 21 heavy (non-hydrogen) atoms. The third-order valence-corrected chi connectivity index (χ3v) is 5.55. The Hall–Kier alpha value is -1.60. The van der Waals surface area contributed by atoms with E-state index in [1.165, 1.54) is 11.3 Å². The van der Waals surface area contributed by atoms with Crippen molar-refractivity contribution in [1.29, 1.82) is 0 Å². The van der Waals surface area contributed by atoms with Gasteiger partial charge in [0, 0.05) is 23.5 Å². The minimum absolute atomic E-state index is 0.0319. The molecule has 0 bridgehead atoms. The number of likely N-dealkylation sites (tertiary alicyclic amines) is 1. The average Bonchev–Trinajstić information content (AvgIpc) is 3.25. The molecule has 0 spiro atoms. The van der Waals surface area contributed by atoms with Gasteiger partial charge < -0.3 is 14.4 Å². The molecule has 0 radical (unpaired) electrons. The predicted molar refractivity (Wildman–Crippen MR) is 80.4 cm³/mol. The molecule has 1 saturated heterocycles. The zero-order chi connectivity index (χ0) is 14.2. The molecule has 0 aromatic carbocycles. The lowest BCUT2D eigenvalue weighted by molar-refractivity contribution is 0.0731. The standard InChI is InChI=1S/C14H14N2O3S2/c17-14(12-11-10(8-21-12)18-5-6-19-11)16-4-1-2-9(16)13-15-3-7-20-13/h3,7-9H,1-2,4-6H2. The summed E-state index contributed by atoms with van der Waals surface area (Å²) in [4.78, 5) is 19.8. The van der Waals surface area contributed by atoms with E-state index in [2.05, 4.69) is 4.98 Å². The van der Waals surface area contributed by atoms with Crippen molar-refractivity contribution in [3.05, 3.63) is 26.8 Å². The number of thiophene rings is 1. The number of carbonyl (C=O) groups excluding carboxylic acids is 1. The number of ether oxygens (including phenoxy) is 2. The molecule has 0 saturated carbocycles. The highest BCUT2D eigenvalue weighted by molar-refractivity contribution is 7.12. The minimum atomic E-state index is 0.0319. The number of rotatable bonds is 2. The van der Waals surface area contributed by atoms with Gasteiger partial charge in [-0.3, -0.25) is 4.79 Å². The lowest BCUT2D eigenvalue weighted by Gasteiger charge is -2.23. The Morgan fingerprint density at radius 1 is 1.33 bits per heavy atom. The molecule has 7 heteroatoms. The molecule has 1 atom stereocenters. The largest absolute Gasteiger partial charge is 0.485 e. The van der Waals surface area contributed by atoms with Crippen LogP contribution in [0.5, 0.6) is 11.5 Å².